The van der Waals surface area contributed by atoms with Crippen LogP contribution in [0.1, 0.15) is 20.3 Å². The van der Waals surface area contributed by atoms with Crippen LogP contribution in [-0.2, 0) is 0 Å². The van der Waals surface area contributed by atoms with E-state index in [1.165, 1.54) is 5.57 Å². The van der Waals surface area contributed by atoms with E-state index in [1.54, 1.807) is 0 Å². The number of halogens is 1. The van der Waals surface area contributed by atoms with E-state index in [9.17, 15) is 0 Å². The molecule has 2 heteroatoms. The van der Waals surface area contributed by atoms with Gasteiger partial charge in [0.2, 0.25) is 0 Å². The second-order valence-corrected chi connectivity index (χ2v) is 1.57. The molecule has 0 aromatic carbocycles. The first-order valence-corrected chi connectivity index (χ1v) is 2.20. The fraction of sp³-hybridized carbons (Fsp3) is 0.500. The number of hydrogen-bond donors (Lipinski definition) is 0. The van der Waals surface area contributed by atoms with Crippen molar-refractivity contribution in [2.75, 3.05) is 0 Å². The molecule has 0 aromatic rings. The zero-order valence-electron chi connectivity index (χ0n) is 5.58. The Morgan fingerprint density at radius 3 is 1.88 bits per heavy atom. The van der Waals surface area contributed by atoms with E-state index in [0.717, 1.165) is 6.42 Å². The van der Waals surface area contributed by atoms with Gasteiger partial charge >= 0.3 is 23.1 Å². The molecule has 0 amide bonds. The maximum Gasteiger partial charge on any atom is 2.00 e. The maximum absolute atomic E-state index is 3.65. The van der Waals surface area contributed by atoms with Crippen LogP contribution in [-0.4, -0.2) is 23.1 Å². The minimum atomic E-state index is 0. The van der Waals surface area contributed by atoms with Crippen LogP contribution in [0.3, 0.4) is 0 Å². The van der Waals surface area contributed by atoms with Gasteiger partial charge in [0.1, 0.15) is 0 Å². The van der Waals surface area contributed by atoms with E-state index >= 15 is 0 Å². The first-order valence-electron chi connectivity index (χ1n) is 2.20. The van der Waals surface area contributed by atoms with Crippen LogP contribution in [0.2, 0.25) is 0 Å². The van der Waals surface area contributed by atoms with E-state index in [2.05, 4.69) is 26.8 Å². The molecule has 0 N–H and O–H groups in total. The molecule has 0 aliphatic carbocycles. The summed E-state index contributed by atoms with van der Waals surface area (Å²) in [6.07, 6.45) is 3.02. The van der Waals surface area contributed by atoms with Gasteiger partial charge in [-0.25, -0.2) is 0 Å². The Labute approximate surface area is 85.3 Å². The summed E-state index contributed by atoms with van der Waals surface area (Å²) in [6, 6.07) is 0. The van der Waals surface area contributed by atoms with E-state index in [1.807, 2.05) is 0 Å². The Hall–Kier alpha value is 1.24. The molecule has 0 aliphatic rings. The quantitative estimate of drug-likeness (QED) is 0.231. The van der Waals surface area contributed by atoms with Crippen LogP contribution in [0.15, 0.2) is 11.6 Å². The summed E-state index contributed by atoms with van der Waals surface area (Å²) in [5.74, 6) is 0. The molecule has 0 aliphatic heterocycles. The Morgan fingerprint density at radius 2 is 1.88 bits per heavy atom. The van der Waals surface area contributed by atoms with E-state index < -0.39 is 0 Å². The topological polar surface area (TPSA) is 0 Å². The standard InChI is InChI=1S/C6H11.HI.Mg/c1-4-5-6(2)3;;/h5H,1,4H2,2-3H3;1H;/q-1;;+2/p-1. The average molecular weight is 234 g/mol. The third kappa shape index (κ3) is 15.7. The van der Waals surface area contributed by atoms with Gasteiger partial charge in [-0.1, -0.05) is 5.57 Å². The monoisotopic (exact) mass is 234 g/mol. The zero-order chi connectivity index (χ0) is 4.99. The second kappa shape index (κ2) is 11.1. The van der Waals surface area contributed by atoms with Gasteiger partial charge < -0.3 is 30.9 Å². The fourth-order valence-corrected chi connectivity index (χ4v) is 0.289. The molecule has 44 valence electrons. The van der Waals surface area contributed by atoms with E-state index in [4.69, 9.17) is 0 Å². The van der Waals surface area contributed by atoms with Crippen LogP contribution in [0.4, 0.5) is 0 Å². The average Bonchev–Trinajstić information content (AvgIpc) is 1.35. The molecular weight excluding hydrogens is 223 g/mol. The van der Waals surface area contributed by atoms with Crippen LogP contribution in [0.5, 0.6) is 0 Å². The minimum Gasteiger partial charge on any atom is -1.00 e. The molecule has 0 aromatic heterocycles. The Bertz CT molecular complexity index is 55.5. The van der Waals surface area contributed by atoms with Crippen LogP contribution >= 0.6 is 0 Å². The van der Waals surface area contributed by atoms with Gasteiger partial charge in [-0.3, -0.25) is 0 Å². The second-order valence-electron chi connectivity index (χ2n) is 1.57. The maximum atomic E-state index is 3.65. The SMILES string of the molecule is [CH2-]CC=C(C)C.[I-].[Mg+2]. The van der Waals surface area contributed by atoms with Crippen molar-refractivity contribution < 1.29 is 24.0 Å². The molecule has 0 bridgehead atoms. The molecule has 0 rings (SSSR count). The Balaban J connectivity index is -0.000000125. The summed E-state index contributed by atoms with van der Waals surface area (Å²) in [5.41, 5.74) is 1.35. The molecule has 0 spiro atoms. The summed E-state index contributed by atoms with van der Waals surface area (Å²) < 4.78 is 0. The van der Waals surface area contributed by atoms with Crippen molar-refractivity contribution in [1.82, 2.24) is 0 Å². The molecule has 0 heterocycles. The van der Waals surface area contributed by atoms with Gasteiger partial charge in [0.15, 0.2) is 0 Å². The summed E-state index contributed by atoms with van der Waals surface area (Å²) in [5, 5.41) is 0. The molecule has 0 atom stereocenters. The summed E-state index contributed by atoms with van der Waals surface area (Å²) in [7, 11) is 0. The summed E-state index contributed by atoms with van der Waals surface area (Å²) in [4.78, 5) is 0. The van der Waals surface area contributed by atoms with Crippen molar-refractivity contribution >= 4 is 23.1 Å². The third-order valence-electron chi connectivity index (χ3n) is 0.553. The summed E-state index contributed by atoms with van der Waals surface area (Å²) >= 11 is 0. The Kier molecular flexibility index (Phi) is 22.3. The van der Waals surface area contributed by atoms with Crippen molar-refractivity contribution in [2.24, 2.45) is 0 Å². The molecule has 0 fully saturated rings. The van der Waals surface area contributed by atoms with Gasteiger partial charge in [0.05, 0.1) is 0 Å². The first-order chi connectivity index (χ1) is 2.77. The van der Waals surface area contributed by atoms with Crippen molar-refractivity contribution in [3.05, 3.63) is 18.6 Å². The van der Waals surface area contributed by atoms with Crippen LogP contribution < -0.4 is 24.0 Å². The van der Waals surface area contributed by atoms with E-state index in [0.29, 0.717) is 0 Å². The molecule has 0 saturated heterocycles. The molecule has 0 nitrogen and oxygen atoms in total. The number of allylic oxidation sites excluding steroid dienone is 2. The van der Waals surface area contributed by atoms with Crippen molar-refractivity contribution in [3.63, 3.8) is 0 Å². The fourth-order valence-electron chi connectivity index (χ4n) is 0.289. The van der Waals surface area contributed by atoms with Gasteiger partial charge in [-0.05, 0) is 13.8 Å². The van der Waals surface area contributed by atoms with Crippen molar-refractivity contribution in [1.29, 1.82) is 0 Å². The molecule has 0 radical (unpaired) electrons. The molecule has 0 unspecified atom stereocenters. The predicted molar refractivity (Wildman–Crippen MR) is 35.2 cm³/mol. The summed E-state index contributed by atoms with van der Waals surface area (Å²) in [6.45, 7) is 7.80. The Morgan fingerprint density at radius 1 is 1.50 bits per heavy atom. The predicted octanol–water partition coefficient (Wildman–Crippen LogP) is -1.20. The normalized spacial score (nSPS) is 5.88. The smallest absolute Gasteiger partial charge is 1.00 e. The zero-order valence-corrected chi connectivity index (χ0v) is 9.15. The van der Waals surface area contributed by atoms with Gasteiger partial charge in [-0.2, -0.15) is 6.42 Å². The molecule has 8 heavy (non-hydrogen) atoms. The van der Waals surface area contributed by atoms with Crippen molar-refractivity contribution in [2.45, 2.75) is 20.3 Å². The van der Waals surface area contributed by atoms with Gasteiger partial charge in [0.25, 0.3) is 0 Å². The minimum absolute atomic E-state index is 0. The largest absolute Gasteiger partial charge is 2.00 e. The molecule has 0 saturated carbocycles. The molecular formula is C6H11IMg. The van der Waals surface area contributed by atoms with Crippen LogP contribution in [0, 0.1) is 6.92 Å². The van der Waals surface area contributed by atoms with Gasteiger partial charge in [0, 0.05) is 0 Å². The van der Waals surface area contributed by atoms with E-state index in [-0.39, 0.29) is 47.0 Å². The third-order valence-corrected chi connectivity index (χ3v) is 0.553. The number of rotatable bonds is 1. The van der Waals surface area contributed by atoms with Gasteiger partial charge in [-0.15, -0.1) is 6.08 Å². The number of hydrogen-bond acceptors (Lipinski definition) is 0. The first kappa shape index (κ1) is 16.1. The van der Waals surface area contributed by atoms with Crippen LogP contribution in [0.25, 0.3) is 0 Å². The van der Waals surface area contributed by atoms with Crippen molar-refractivity contribution in [3.8, 4) is 0 Å².